The van der Waals surface area contributed by atoms with Gasteiger partial charge in [0, 0.05) is 18.5 Å². The third-order valence-corrected chi connectivity index (χ3v) is 6.07. The number of nitrogens with one attached hydrogen (secondary N) is 1. The smallest absolute Gasteiger partial charge is 0.322 e. The first-order valence-corrected chi connectivity index (χ1v) is 11.3. The summed E-state index contributed by atoms with van der Waals surface area (Å²) in [5, 5.41) is 7.96. The van der Waals surface area contributed by atoms with Crippen LogP contribution in [0.5, 0.6) is 5.75 Å². The highest BCUT2D eigenvalue weighted by molar-refractivity contribution is 6.42. The van der Waals surface area contributed by atoms with Gasteiger partial charge < -0.3 is 19.8 Å². The van der Waals surface area contributed by atoms with Gasteiger partial charge in [0.2, 0.25) is 0 Å². The number of benzene rings is 3. The van der Waals surface area contributed by atoms with Crippen LogP contribution in [0.25, 0.3) is 0 Å². The monoisotopic (exact) mass is 501 g/mol. The third-order valence-electron chi connectivity index (χ3n) is 5.33. The first kappa shape index (κ1) is 23.9. The molecular weight excluding hydrogens is 480 g/mol. The number of ether oxygens (including phenoxy) is 1. The van der Waals surface area contributed by atoms with Crippen LogP contribution in [0.2, 0.25) is 10.0 Å². The molecule has 1 heterocycles. The van der Waals surface area contributed by atoms with Gasteiger partial charge in [-0.05, 0) is 42.0 Å². The van der Waals surface area contributed by atoms with Crippen molar-refractivity contribution in [2.45, 2.75) is 19.1 Å². The molecule has 0 saturated carbocycles. The Balaban J connectivity index is 1.49. The molecule has 176 valence electrons. The number of para-hydroxylation sites is 2. The predicted octanol–water partition coefficient (Wildman–Crippen LogP) is 6.37. The van der Waals surface area contributed by atoms with E-state index in [0.717, 1.165) is 16.8 Å². The molecule has 1 N–H and O–H groups in total. The van der Waals surface area contributed by atoms with Gasteiger partial charge in [-0.1, -0.05) is 58.7 Å². The molecule has 9 heteroatoms. The minimum absolute atomic E-state index is 0.253. The maximum Gasteiger partial charge on any atom is 0.322 e. The zero-order valence-corrected chi connectivity index (χ0v) is 19.8. The summed E-state index contributed by atoms with van der Waals surface area (Å²) < 4.78 is 18.7. The van der Waals surface area contributed by atoms with Gasteiger partial charge in [0.05, 0.1) is 35.1 Å². The number of rotatable bonds is 7. The second-order valence-electron chi connectivity index (χ2n) is 7.74. The summed E-state index contributed by atoms with van der Waals surface area (Å²) >= 11 is 12.1. The van der Waals surface area contributed by atoms with Crippen molar-refractivity contribution in [2.75, 3.05) is 19.0 Å². The van der Waals surface area contributed by atoms with Crippen LogP contribution < -0.4 is 10.1 Å². The van der Waals surface area contributed by atoms with E-state index in [0.29, 0.717) is 27.9 Å². The molecule has 0 fully saturated rings. The molecule has 3 aromatic carbocycles. The van der Waals surface area contributed by atoms with E-state index in [2.05, 4.69) is 10.5 Å². The van der Waals surface area contributed by atoms with E-state index in [1.165, 1.54) is 19.2 Å². The van der Waals surface area contributed by atoms with Crippen molar-refractivity contribution in [2.24, 2.45) is 5.16 Å². The van der Waals surface area contributed by atoms with Gasteiger partial charge in [0.15, 0.2) is 6.10 Å². The minimum atomic E-state index is -0.367. The number of oxime groups is 1. The molecule has 1 aliphatic heterocycles. The molecular formula is C25H22Cl2FN3O3. The van der Waals surface area contributed by atoms with Crippen LogP contribution in [-0.4, -0.2) is 36.4 Å². The number of hydrogen-bond donors (Lipinski definition) is 1. The second kappa shape index (κ2) is 10.8. The zero-order chi connectivity index (χ0) is 24.1. The van der Waals surface area contributed by atoms with Crippen LogP contribution in [0, 0.1) is 5.82 Å². The fraction of sp³-hybridized carbons (Fsp3) is 0.200. The highest BCUT2D eigenvalue weighted by atomic mass is 35.5. The molecule has 0 bridgehead atoms. The number of anilines is 1. The summed E-state index contributed by atoms with van der Waals surface area (Å²) in [6, 6.07) is 18.1. The normalized spacial score (nSPS) is 14.8. The van der Waals surface area contributed by atoms with Crippen LogP contribution >= 0.6 is 23.2 Å². The van der Waals surface area contributed by atoms with Gasteiger partial charge in [-0.2, -0.15) is 0 Å². The number of amides is 2. The topological polar surface area (TPSA) is 63.2 Å². The molecule has 0 saturated heterocycles. The second-order valence-corrected chi connectivity index (χ2v) is 8.55. The number of nitrogens with zero attached hydrogens (tertiary/aromatic N) is 2. The van der Waals surface area contributed by atoms with Crippen molar-refractivity contribution in [3.63, 3.8) is 0 Å². The molecule has 1 atom stereocenters. The van der Waals surface area contributed by atoms with E-state index < -0.39 is 0 Å². The summed E-state index contributed by atoms with van der Waals surface area (Å²) in [4.78, 5) is 20.5. The van der Waals surface area contributed by atoms with Gasteiger partial charge in [0.1, 0.15) is 11.6 Å². The van der Waals surface area contributed by atoms with E-state index in [1.807, 2.05) is 12.1 Å². The average Bonchev–Trinajstić information content (AvgIpc) is 3.30. The van der Waals surface area contributed by atoms with Gasteiger partial charge >= 0.3 is 6.03 Å². The highest BCUT2D eigenvalue weighted by Crippen LogP contribution is 2.27. The van der Waals surface area contributed by atoms with Crippen LogP contribution in [0.15, 0.2) is 71.9 Å². The maximum absolute atomic E-state index is 13.4. The van der Waals surface area contributed by atoms with Crippen LogP contribution in [0.1, 0.15) is 17.5 Å². The van der Waals surface area contributed by atoms with E-state index in [9.17, 15) is 9.18 Å². The summed E-state index contributed by atoms with van der Waals surface area (Å²) in [5.41, 5.74) is 2.84. The Morgan fingerprint density at radius 3 is 2.65 bits per heavy atom. The van der Waals surface area contributed by atoms with Crippen LogP contribution in [0.3, 0.4) is 0 Å². The number of methoxy groups -OCH3 is 1. The largest absolute Gasteiger partial charge is 0.495 e. The molecule has 0 aromatic heterocycles. The van der Waals surface area contributed by atoms with E-state index in [4.69, 9.17) is 32.8 Å². The Morgan fingerprint density at radius 1 is 1.15 bits per heavy atom. The summed E-state index contributed by atoms with van der Waals surface area (Å²) in [7, 11) is 1.54. The number of urea groups is 1. The van der Waals surface area contributed by atoms with Gasteiger partial charge in [-0.15, -0.1) is 0 Å². The highest BCUT2D eigenvalue weighted by Gasteiger charge is 2.27. The van der Waals surface area contributed by atoms with E-state index in [1.54, 1.807) is 47.4 Å². The van der Waals surface area contributed by atoms with Crippen molar-refractivity contribution >= 4 is 40.6 Å². The number of carbonyl (C=O) groups excluding carboxylic acids is 1. The zero-order valence-electron chi connectivity index (χ0n) is 18.3. The van der Waals surface area contributed by atoms with Gasteiger partial charge in [0.25, 0.3) is 0 Å². The van der Waals surface area contributed by atoms with Crippen molar-refractivity contribution in [1.82, 2.24) is 4.90 Å². The molecule has 34 heavy (non-hydrogen) atoms. The first-order valence-electron chi connectivity index (χ1n) is 10.5. The van der Waals surface area contributed by atoms with Crippen molar-refractivity contribution in [1.29, 1.82) is 0 Å². The van der Waals surface area contributed by atoms with E-state index >= 15 is 0 Å². The lowest BCUT2D eigenvalue weighted by Crippen LogP contribution is -2.40. The Kier molecular flexibility index (Phi) is 7.55. The third kappa shape index (κ3) is 5.79. The summed E-state index contributed by atoms with van der Waals surface area (Å²) in [6.07, 6.45) is 0.119. The Bertz CT molecular complexity index is 1200. The molecule has 0 aliphatic carbocycles. The molecule has 0 spiro atoms. The Morgan fingerprint density at radius 2 is 1.91 bits per heavy atom. The van der Waals surface area contributed by atoms with E-state index in [-0.39, 0.29) is 31.0 Å². The lowest BCUT2D eigenvalue weighted by Gasteiger charge is -2.25. The lowest BCUT2D eigenvalue weighted by atomic mass is 10.0. The van der Waals surface area contributed by atoms with Crippen molar-refractivity contribution < 1.29 is 18.8 Å². The first-order chi connectivity index (χ1) is 16.4. The number of carbonyl (C=O) groups is 1. The summed E-state index contributed by atoms with van der Waals surface area (Å²) in [5.74, 6) is 0.201. The molecule has 0 radical (unpaired) electrons. The molecule has 3 aromatic rings. The van der Waals surface area contributed by atoms with Crippen molar-refractivity contribution in [3.8, 4) is 5.75 Å². The Hall–Kier alpha value is -3.29. The average molecular weight is 502 g/mol. The minimum Gasteiger partial charge on any atom is -0.495 e. The lowest BCUT2D eigenvalue weighted by molar-refractivity contribution is 0.0608. The van der Waals surface area contributed by atoms with Crippen molar-refractivity contribution in [3.05, 3.63) is 93.7 Å². The molecule has 2 amide bonds. The van der Waals surface area contributed by atoms with Crippen LogP contribution in [0.4, 0.5) is 14.9 Å². The molecule has 1 unspecified atom stereocenters. The summed E-state index contributed by atoms with van der Waals surface area (Å²) in [6.45, 7) is 0.510. The molecule has 1 aliphatic rings. The van der Waals surface area contributed by atoms with Gasteiger partial charge in [-0.3, -0.25) is 0 Å². The fourth-order valence-corrected chi connectivity index (χ4v) is 3.89. The quantitative estimate of drug-likeness (QED) is 0.409. The predicted molar refractivity (Wildman–Crippen MR) is 131 cm³/mol. The molecule has 6 nitrogen and oxygen atoms in total. The standard InChI is InChI=1S/C25H22Cl2FN3O3/c1-33-24-5-3-2-4-22(24)29-25(32)31(14-16-6-9-18(28)10-7-16)15-19-13-23(30-34-19)17-8-11-20(26)21(27)12-17/h2-12,19H,13-15H2,1H3,(H,29,32). The number of halogens is 3. The SMILES string of the molecule is COc1ccccc1NC(=O)N(Cc1ccc(F)cc1)CC1CC(c2ccc(Cl)c(Cl)c2)=NO1. The van der Waals surface area contributed by atoms with Gasteiger partial charge in [-0.25, -0.2) is 9.18 Å². The molecule has 4 rings (SSSR count). The maximum atomic E-state index is 13.4. The number of hydrogen-bond acceptors (Lipinski definition) is 4. The fourth-order valence-electron chi connectivity index (χ4n) is 3.59. The van der Waals surface area contributed by atoms with Crippen LogP contribution in [-0.2, 0) is 11.4 Å². The Labute approximate surface area is 206 Å².